The molecule has 0 saturated carbocycles. The Labute approximate surface area is 150 Å². The number of methoxy groups -OCH3 is 2. The summed E-state index contributed by atoms with van der Waals surface area (Å²) in [4.78, 5) is 14.6. The van der Waals surface area contributed by atoms with E-state index in [1.807, 2.05) is 30.0 Å². The molecule has 1 heterocycles. The Balaban J connectivity index is 0.00000288. The fourth-order valence-corrected chi connectivity index (χ4v) is 3.24. The number of hydrogen-bond donors (Lipinski definition) is 1. The fourth-order valence-electron chi connectivity index (χ4n) is 3.24. The summed E-state index contributed by atoms with van der Waals surface area (Å²) in [6, 6.07) is 6.01. The van der Waals surface area contributed by atoms with Gasteiger partial charge in [0.2, 0.25) is 5.91 Å². The highest BCUT2D eigenvalue weighted by atomic mass is 35.5. The van der Waals surface area contributed by atoms with E-state index >= 15 is 0 Å². The minimum atomic E-state index is 0. The second-order valence-corrected chi connectivity index (χ2v) is 6.20. The summed E-state index contributed by atoms with van der Waals surface area (Å²) in [5, 5.41) is 0. The summed E-state index contributed by atoms with van der Waals surface area (Å²) in [5.41, 5.74) is 7.12. The molecule has 24 heavy (non-hydrogen) atoms. The van der Waals surface area contributed by atoms with Crippen molar-refractivity contribution in [3.05, 3.63) is 23.8 Å². The van der Waals surface area contributed by atoms with Crippen molar-refractivity contribution in [2.75, 3.05) is 20.8 Å². The number of nitrogens with two attached hydrogens (primary N) is 1. The maximum Gasteiger partial charge on any atom is 0.223 e. The van der Waals surface area contributed by atoms with Crippen LogP contribution in [0.5, 0.6) is 11.5 Å². The molecule has 0 bridgehead atoms. The second kappa shape index (κ2) is 9.74. The number of amides is 1. The van der Waals surface area contributed by atoms with Crippen molar-refractivity contribution in [2.45, 2.75) is 51.1 Å². The van der Waals surface area contributed by atoms with Gasteiger partial charge in [0.1, 0.15) is 0 Å². The summed E-state index contributed by atoms with van der Waals surface area (Å²) in [7, 11) is 3.24. The predicted octanol–water partition coefficient (Wildman–Crippen LogP) is 2.79. The number of piperidine rings is 1. The molecule has 2 unspecified atom stereocenters. The Kier molecular flexibility index (Phi) is 8.36. The zero-order valence-corrected chi connectivity index (χ0v) is 15.6. The van der Waals surface area contributed by atoms with Crippen LogP contribution in [0.15, 0.2) is 18.2 Å². The molecule has 1 amide bonds. The van der Waals surface area contributed by atoms with Crippen molar-refractivity contribution in [1.82, 2.24) is 4.90 Å². The first kappa shape index (κ1) is 20.6. The highest BCUT2D eigenvalue weighted by Crippen LogP contribution is 2.28. The van der Waals surface area contributed by atoms with E-state index in [9.17, 15) is 4.79 Å². The molecule has 1 aromatic carbocycles. The molecule has 5 nitrogen and oxygen atoms in total. The number of likely N-dealkylation sites (tertiary alicyclic amines) is 1. The minimum Gasteiger partial charge on any atom is -0.493 e. The Bertz CT molecular complexity index is 537. The van der Waals surface area contributed by atoms with E-state index in [2.05, 4.69) is 0 Å². The molecule has 0 aliphatic carbocycles. The number of hydrogen-bond acceptors (Lipinski definition) is 4. The molecule has 1 aromatic rings. The molecule has 0 aromatic heterocycles. The van der Waals surface area contributed by atoms with E-state index < -0.39 is 0 Å². The highest BCUT2D eigenvalue weighted by molar-refractivity contribution is 5.85. The third kappa shape index (κ3) is 5.02. The Hall–Kier alpha value is -1.46. The standard InChI is InChI=1S/C18H28N2O3.ClH/c1-13(19)15-6-4-5-11-20(15)18(21)10-8-14-7-9-16(22-2)17(12-14)23-3;/h7,9,12-13,15H,4-6,8,10-11,19H2,1-3H3;1H. The van der Waals surface area contributed by atoms with Crippen LogP contribution in [0.25, 0.3) is 0 Å². The van der Waals surface area contributed by atoms with Gasteiger partial charge in [-0.25, -0.2) is 0 Å². The Morgan fingerprint density at radius 3 is 2.62 bits per heavy atom. The van der Waals surface area contributed by atoms with Gasteiger partial charge in [-0.15, -0.1) is 12.4 Å². The van der Waals surface area contributed by atoms with Crippen molar-refractivity contribution in [3.63, 3.8) is 0 Å². The number of rotatable bonds is 6. The monoisotopic (exact) mass is 356 g/mol. The molecule has 1 aliphatic heterocycles. The van der Waals surface area contributed by atoms with Crippen molar-refractivity contribution in [2.24, 2.45) is 5.73 Å². The smallest absolute Gasteiger partial charge is 0.223 e. The van der Waals surface area contributed by atoms with Gasteiger partial charge in [0.15, 0.2) is 11.5 Å². The third-order valence-corrected chi connectivity index (χ3v) is 4.55. The quantitative estimate of drug-likeness (QED) is 0.851. The number of carbonyl (C=O) groups excluding carboxylic acids is 1. The molecule has 2 atom stereocenters. The topological polar surface area (TPSA) is 64.8 Å². The molecule has 0 radical (unpaired) electrons. The van der Waals surface area contributed by atoms with Gasteiger partial charge in [-0.1, -0.05) is 6.07 Å². The van der Waals surface area contributed by atoms with E-state index in [1.54, 1.807) is 14.2 Å². The van der Waals surface area contributed by atoms with Crippen LogP contribution >= 0.6 is 12.4 Å². The average molecular weight is 357 g/mol. The lowest BCUT2D eigenvalue weighted by Crippen LogP contribution is -2.51. The van der Waals surface area contributed by atoms with Crippen LogP contribution in [0.1, 0.15) is 38.2 Å². The van der Waals surface area contributed by atoms with Crippen LogP contribution in [0.3, 0.4) is 0 Å². The number of nitrogens with zero attached hydrogens (tertiary/aromatic N) is 1. The van der Waals surface area contributed by atoms with Gasteiger partial charge in [0.05, 0.1) is 14.2 Å². The number of ether oxygens (including phenoxy) is 2. The van der Waals surface area contributed by atoms with Crippen LogP contribution < -0.4 is 15.2 Å². The normalized spacial score (nSPS) is 18.5. The maximum atomic E-state index is 12.6. The van der Waals surface area contributed by atoms with Crippen LogP contribution in [0.4, 0.5) is 0 Å². The number of carbonyl (C=O) groups is 1. The molecule has 2 rings (SSSR count). The molecule has 1 fully saturated rings. The molecule has 136 valence electrons. The Morgan fingerprint density at radius 2 is 2.00 bits per heavy atom. The molecule has 2 N–H and O–H groups in total. The van der Waals surface area contributed by atoms with Crippen LogP contribution in [0, 0.1) is 0 Å². The van der Waals surface area contributed by atoms with Crippen LogP contribution in [-0.2, 0) is 11.2 Å². The summed E-state index contributed by atoms with van der Waals surface area (Å²) in [6.45, 7) is 2.82. The second-order valence-electron chi connectivity index (χ2n) is 6.20. The summed E-state index contributed by atoms with van der Waals surface area (Å²) in [6.07, 6.45) is 4.44. The first-order chi connectivity index (χ1) is 11.1. The number of aryl methyl sites for hydroxylation is 1. The lowest BCUT2D eigenvalue weighted by Gasteiger charge is -2.38. The van der Waals surface area contributed by atoms with E-state index in [1.165, 1.54) is 0 Å². The van der Waals surface area contributed by atoms with Crippen molar-refractivity contribution >= 4 is 18.3 Å². The maximum absolute atomic E-state index is 12.6. The average Bonchev–Trinajstić information content (AvgIpc) is 2.59. The molecule has 1 saturated heterocycles. The van der Waals surface area contributed by atoms with Gasteiger partial charge in [-0.3, -0.25) is 4.79 Å². The van der Waals surface area contributed by atoms with E-state index in [-0.39, 0.29) is 30.4 Å². The van der Waals surface area contributed by atoms with Crippen LogP contribution in [0.2, 0.25) is 0 Å². The Morgan fingerprint density at radius 1 is 1.29 bits per heavy atom. The lowest BCUT2D eigenvalue weighted by atomic mass is 9.96. The summed E-state index contributed by atoms with van der Waals surface area (Å²) < 4.78 is 10.5. The summed E-state index contributed by atoms with van der Waals surface area (Å²) >= 11 is 0. The van der Waals surface area contributed by atoms with Gasteiger partial charge < -0.3 is 20.1 Å². The first-order valence-corrected chi connectivity index (χ1v) is 8.32. The van der Waals surface area contributed by atoms with Gasteiger partial charge in [0, 0.05) is 25.0 Å². The highest BCUT2D eigenvalue weighted by Gasteiger charge is 2.28. The zero-order valence-electron chi connectivity index (χ0n) is 14.8. The molecule has 1 aliphatic rings. The van der Waals surface area contributed by atoms with Gasteiger partial charge >= 0.3 is 0 Å². The summed E-state index contributed by atoms with van der Waals surface area (Å²) in [5.74, 6) is 1.60. The predicted molar refractivity (Wildman–Crippen MR) is 98.1 cm³/mol. The number of halogens is 1. The van der Waals surface area contributed by atoms with Crippen molar-refractivity contribution in [1.29, 1.82) is 0 Å². The fraction of sp³-hybridized carbons (Fsp3) is 0.611. The third-order valence-electron chi connectivity index (χ3n) is 4.55. The largest absolute Gasteiger partial charge is 0.493 e. The minimum absolute atomic E-state index is 0. The molecule has 0 spiro atoms. The van der Waals surface area contributed by atoms with Crippen LogP contribution in [-0.4, -0.2) is 43.7 Å². The molecular formula is C18H29ClN2O3. The van der Waals surface area contributed by atoms with Gasteiger partial charge in [-0.05, 0) is 50.3 Å². The van der Waals surface area contributed by atoms with Gasteiger partial charge in [0.25, 0.3) is 0 Å². The van der Waals surface area contributed by atoms with Gasteiger partial charge in [-0.2, -0.15) is 0 Å². The molecule has 6 heteroatoms. The SMILES string of the molecule is COc1ccc(CCC(=O)N2CCCCC2C(C)N)cc1OC.Cl. The van der Waals surface area contributed by atoms with E-state index in [0.29, 0.717) is 24.3 Å². The van der Waals surface area contributed by atoms with Crippen molar-refractivity contribution < 1.29 is 14.3 Å². The molecular weight excluding hydrogens is 328 g/mol. The zero-order chi connectivity index (χ0) is 16.8. The lowest BCUT2D eigenvalue weighted by molar-refractivity contribution is -0.135. The van der Waals surface area contributed by atoms with Crippen molar-refractivity contribution in [3.8, 4) is 11.5 Å². The number of benzene rings is 1. The van der Waals surface area contributed by atoms with E-state index in [4.69, 9.17) is 15.2 Å². The first-order valence-electron chi connectivity index (χ1n) is 8.32. The van der Waals surface area contributed by atoms with E-state index in [0.717, 1.165) is 31.4 Å².